The smallest absolute Gasteiger partial charge is 0.217 e. The molecule has 9 heavy (non-hydrogen) atoms. The van der Waals surface area contributed by atoms with E-state index in [1.165, 1.54) is 0 Å². The largest absolute Gasteiger partial charge is 0.388 e. The van der Waals surface area contributed by atoms with Crippen LogP contribution in [0.5, 0.6) is 0 Å². The van der Waals surface area contributed by atoms with Crippen LogP contribution in [0.25, 0.3) is 0 Å². The lowest BCUT2D eigenvalue weighted by molar-refractivity contribution is 0.272. The van der Waals surface area contributed by atoms with Crippen molar-refractivity contribution in [3.63, 3.8) is 0 Å². The van der Waals surface area contributed by atoms with Gasteiger partial charge in [-0.2, -0.15) is 0 Å². The van der Waals surface area contributed by atoms with Gasteiger partial charge in [-0.15, -0.1) is 22.1 Å². The molecule has 0 atom stereocenters. The van der Waals surface area contributed by atoms with E-state index in [0.29, 0.717) is 10.6 Å². The predicted octanol–water partition coefficient (Wildman–Crippen LogP) is 0.637. The molecule has 0 spiro atoms. The van der Waals surface area contributed by atoms with Crippen LogP contribution < -0.4 is 0 Å². The maximum absolute atomic E-state index is 8.40. The molecule has 0 fully saturated rings. The topological polar surface area (TPSA) is 61.8 Å². The summed E-state index contributed by atoms with van der Waals surface area (Å²) in [6.07, 6.45) is 0. The van der Waals surface area contributed by atoms with Crippen LogP contribution >= 0.6 is 32.9 Å². The van der Waals surface area contributed by atoms with E-state index in [0.717, 1.165) is 0 Å². The second kappa shape index (κ2) is 3.97. The van der Waals surface area contributed by atoms with E-state index in [-0.39, 0.29) is 23.6 Å². The Hall–Kier alpha value is 0.0600. The van der Waals surface area contributed by atoms with Gasteiger partial charge >= 0.3 is 0 Å². The molecule has 0 amide bonds. The molecule has 1 heterocycles. The van der Waals surface area contributed by atoms with Crippen molar-refractivity contribution >= 4 is 32.9 Å². The van der Waals surface area contributed by atoms with Crippen molar-refractivity contribution < 1.29 is 5.11 Å². The van der Waals surface area contributed by atoms with Gasteiger partial charge in [0.1, 0.15) is 6.61 Å². The Labute approximate surface area is 70.6 Å². The molecule has 0 aliphatic rings. The van der Waals surface area contributed by atoms with Gasteiger partial charge in [0, 0.05) is 0 Å². The van der Waals surface area contributed by atoms with Gasteiger partial charge < -0.3 is 5.11 Å². The summed E-state index contributed by atoms with van der Waals surface area (Å²) in [5, 5.41) is 14.5. The van der Waals surface area contributed by atoms with Gasteiger partial charge in [-0.1, -0.05) is 0 Å². The van der Waals surface area contributed by atoms with Gasteiger partial charge in [-0.3, -0.25) is 5.10 Å². The van der Waals surface area contributed by atoms with E-state index in [1.54, 1.807) is 0 Å². The van der Waals surface area contributed by atoms with Gasteiger partial charge in [0.05, 0.1) is 0 Å². The zero-order valence-corrected chi connectivity index (χ0v) is 7.63. The fraction of sp³-hybridized carbons (Fsp3) is 0.333. The highest BCUT2D eigenvalue weighted by molar-refractivity contribution is 9.10. The molecule has 2 N–H and O–H groups in total. The molecule has 4 nitrogen and oxygen atoms in total. The lowest BCUT2D eigenvalue weighted by Gasteiger charge is -1.77. The second-order valence-electron chi connectivity index (χ2n) is 1.21. The Bertz CT molecular complexity index is 177. The van der Waals surface area contributed by atoms with Crippen molar-refractivity contribution in [2.45, 2.75) is 6.61 Å². The quantitative estimate of drug-likeness (QED) is 0.777. The van der Waals surface area contributed by atoms with Gasteiger partial charge in [0.2, 0.25) is 4.73 Å². The highest BCUT2D eigenvalue weighted by atomic mass is 79.9. The number of aliphatic hydroxyl groups excluding tert-OH is 1. The number of aromatic nitrogens is 3. The molecule has 52 valence electrons. The van der Waals surface area contributed by atoms with E-state index in [9.17, 15) is 0 Å². The summed E-state index contributed by atoms with van der Waals surface area (Å²) >= 11 is 3.01. The number of H-pyrrole nitrogens is 1. The molecular weight excluding hydrogens is 254 g/mol. The summed E-state index contributed by atoms with van der Waals surface area (Å²) in [4.78, 5) is 3.73. The van der Waals surface area contributed by atoms with E-state index in [1.807, 2.05) is 0 Å². The maximum atomic E-state index is 8.40. The molecule has 6 heteroatoms. The fourth-order valence-electron chi connectivity index (χ4n) is 0.343. The summed E-state index contributed by atoms with van der Waals surface area (Å²) in [7, 11) is 0. The Kier molecular flexibility index (Phi) is 4.00. The molecule has 0 bridgehead atoms. The Balaban J connectivity index is 0.000000640. The van der Waals surface area contributed by atoms with Crippen molar-refractivity contribution in [1.29, 1.82) is 0 Å². The zero-order chi connectivity index (χ0) is 5.98. The van der Waals surface area contributed by atoms with Crippen molar-refractivity contribution in [3.8, 4) is 0 Å². The van der Waals surface area contributed by atoms with Crippen LogP contribution in [0.1, 0.15) is 5.82 Å². The van der Waals surface area contributed by atoms with Crippen LogP contribution in [0, 0.1) is 0 Å². The number of nitrogens with zero attached hydrogens (tertiary/aromatic N) is 2. The van der Waals surface area contributed by atoms with Crippen LogP contribution in [0.4, 0.5) is 0 Å². The lowest BCUT2D eigenvalue weighted by atomic mass is 10.7. The van der Waals surface area contributed by atoms with E-state index in [4.69, 9.17) is 5.11 Å². The molecular formula is C3H5Br2N3O. The number of rotatable bonds is 1. The Morgan fingerprint density at radius 2 is 2.33 bits per heavy atom. The molecule has 1 aromatic rings. The number of hydrogen-bond acceptors (Lipinski definition) is 3. The third-order valence-corrected chi connectivity index (χ3v) is 1.01. The number of aliphatic hydroxyl groups is 1. The average Bonchev–Trinajstić information content (AvgIpc) is 2.14. The maximum Gasteiger partial charge on any atom is 0.217 e. The highest BCUT2D eigenvalue weighted by Gasteiger charge is 1.94. The van der Waals surface area contributed by atoms with E-state index < -0.39 is 0 Å². The standard InChI is InChI=1S/C3H4BrN3O.BrH/c4-3-5-2(1-8)6-7-3;/h8H,1H2,(H,5,6,7);1H. The predicted molar refractivity (Wildman–Crippen MR) is 40.3 cm³/mol. The molecule has 1 aromatic heterocycles. The fourth-order valence-corrected chi connectivity index (χ4v) is 0.645. The molecule has 0 saturated heterocycles. The van der Waals surface area contributed by atoms with Crippen LogP contribution in [0.3, 0.4) is 0 Å². The third kappa shape index (κ3) is 2.42. The van der Waals surface area contributed by atoms with Gasteiger partial charge in [0.25, 0.3) is 0 Å². The summed E-state index contributed by atoms with van der Waals surface area (Å²) in [6, 6.07) is 0. The first-order valence-electron chi connectivity index (χ1n) is 2.00. The average molecular weight is 259 g/mol. The molecule has 0 radical (unpaired) electrons. The summed E-state index contributed by atoms with van der Waals surface area (Å²) in [5.41, 5.74) is 0. The second-order valence-corrected chi connectivity index (χ2v) is 1.92. The first-order chi connectivity index (χ1) is 3.83. The minimum absolute atomic E-state index is 0. The van der Waals surface area contributed by atoms with Gasteiger partial charge in [0.15, 0.2) is 5.82 Å². The van der Waals surface area contributed by atoms with Crippen LogP contribution in [0.15, 0.2) is 4.73 Å². The molecule has 0 aliphatic carbocycles. The minimum atomic E-state index is -0.0986. The minimum Gasteiger partial charge on any atom is -0.388 e. The lowest BCUT2D eigenvalue weighted by Crippen LogP contribution is -1.83. The number of aromatic amines is 1. The van der Waals surface area contributed by atoms with Crippen molar-refractivity contribution in [3.05, 3.63) is 10.6 Å². The number of halogens is 2. The third-order valence-electron chi connectivity index (χ3n) is 0.654. The zero-order valence-electron chi connectivity index (χ0n) is 4.33. The van der Waals surface area contributed by atoms with Crippen molar-refractivity contribution in [2.24, 2.45) is 0 Å². The van der Waals surface area contributed by atoms with E-state index >= 15 is 0 Å². The van der Waals surface area contributed by atoms with Crippen molar-refractivity contribution in [1.82, 2.24) is 15.2 Å². The summed E-state index contributed by atoms with van der Waals surface area (Å²) < 4.78 is 0.474. The van der Waals surface area contributed by atoms with Crippen LogP contribution in [-0.4, -0.2) is 20.3 Å². The molecule has 0 unspecified atom stereocenters. The molecule has 0 saturated carbocycles. The summed E-state index contributed by atoms with van der Waals surface area (Å²) in [5.74, 6) is 0.469. The van der Waals surface area contributed by atoms with Crippen molar-refractivity contribution in [2.75, 3.05) is 0 Å². The van der Waals surface area contributed by atoms with E-state index in [2.05, 4.69) is 31.1 Å². The number of hydrogen-bond donors (Lipinski definition) is 2. The Morgan fingerprint density at radius 3 is 2.56 bits per heavy atom. The highest BCUT2D eigenvalue weighted by Crippen LogP contribution is 1.98. The first-order valence-corrected chi connectivity index (χ1v) is 2.80. The SMILES string of the molecule is Br.OCc1nc(Br)n[nH]1. The molecule has 0 aromatic carbocycles. The summed E-state index contributed by atoms with van der Waals surface area (Å²) in [6.45, 7) is -0.0986. The first kappa shape index (κ1) is 9.06. The van der Waals surface area contributed by atoms with Gasteiger partial charge in [-0.05, 0) is 15.9 Å². The van der Waals surface area contributed by atoms with Gasteiger partial charge in [-0.25, -0.2) is 4.98 Å². The molecule has 0 aliphatic heterocycles. The van der Waals surface area contributed by atoms with Crippen LogP contribution in [0.2, 0.25) is 0 Å². The van der Waals surface area contributed by atoms with Crippen LogP contribution in [-0.2, 0) is 6.61 Å². The monoisotopic (exact) mass is 257 g/mol. The number of nitrogens with one attached hydrogen (secondary N) is 1. The molecule has 1 rings (SSSR count). The normalized spacial score (nSPS) is 8.67. The Morgan fingerprint density at radius 1 is 1.67 bits per heavy atom.